The average molecular weight is 282 g/mol. The number of amides is 2. The molecular formula is C14H26N4O2. The summed E-state index contributed by atoms with van der Waals surface area (Å²) in [5.41, 5.74) is 3.10. The zero-order valence-electron chi connectivity index (χ0n) is 13.0. The van der Waals surface area contributed by atoms with E-state index in [2.05, 4.69) is 15.7 Å². The van der Waals surface area contributed by atoms with Gasteiger partial charge in [-0.1, -0.05) is 6.92 Å². The third kappa shape index (κ3) is 4.23. The summed E-state index contributed by atoms with van der Waals surface area (Å²) < 4.78 is 1.83. The lowest BCUT2D eigenvalue weighted by atomic mass is 10.0. The first kappa shape index (κ1) is 16.5. The molecule has 0 aliphatic carbocycles. The highest BCUT2D eigenvalue weighted by molar-refractivity contribution is 5.74. The Morgan fingerprint density at radius 2 is 2.10 bits per heavy atom. The Morgan fingerprint density at radius 3 is 2.55 bits per heavy atom. The third-order valence-corrected chi connectivity index (χ3v) is 3.47. The summed E-state index contributed by atoms with van der Waals surface area (Å²) in [4.78, 5) is 11.9. The van der Waals surface area contributed by atoms with Gasteiger partial charge >= 0.3 is 6.03 Å². The molecule has 1 aromatic rings. The molecular weight excluding hydrogens is 256 g/mol. The fourth-order valence-corrected chi connectivity index (χ4v) is 2.28. The van der Waals surface area contributed by atoms with Crippen LogP contribution in [0.3, 0.4) is 0 Å². The maximum absolute atomic E-state index is 11.9. The van der Waals surface area contributed by atoms with Crippen molar-refractivity contribution in [2.24, 2.45) is 7.05 Å². The van der Waals surface area contributed by atoms with Crippen LogP contribution in [-0.2, 0) is 7.05 Å². The molecule has 6 nitrogen and oxygen atoms in total. The molecule has 2 amide bonds. The van der Waals surface area contributed by atoms with Crippen molar-refractivity contribution >= 4 is 6.03 Å². The molecule has 2 atom stereocenters. The van der Waals surface area contributed by atoms with Gasteiger partial charge in [0.25, 0.3) is 0 Å². The molecule has 114 valence electrons. The van der Waals surface area contributed by atoms with Crippen LogP contribution in [0.2, 0.25) is 0 Å². The average Bonchev–Trinajstić information content (AvgIpc) is 2.60. The van der Waals surface area contributed by atoms with Crippen LogP contribution in [0.1, 0.15) is 49.7 Å². The third-order valence-electron chi connectivity index (χ3n) is 3.47. The highest BCUT2D eigenvalue weighted by atomic mass is 16.3. The highest BCUT2D eigenvalue weighted by Gasteiger charge is 2.20. The minimum Gasteiger partial charge on any atom is -0.393 e. The molecule has 0 aromatic carbocycles. The standard InChI is InChI=1S/C14H26N4O2/c1-6-12(13-10(3)17-18(5)11(13)4)16-14(20)15-8-7-9(2)19/h9,12,19H,6-8H2,1-5H3,(H2,15,16,20). The van der Waals surface area contributed by atoms with Gasteiger partial charge in [0.1, 0.15) is 0 Å². The summed E-state index contributed by atoms with van der Waals surface area (Å²) in [5, 5.41) is 19.3. The molecule has 0 saturated heterocycles. The highest BCUT2D eigenvalue weighted by Crippen LogP contribution is 2.23. The number of aryl methyl sites for hydroxylation is 2. The Morgan fingerprint density at radius 1 is 1.45 bits per heavy atom. The largest absolute Gasteiger partial charge is 0.393 e. The van der Waals surface area contributed by atoms with Crippen molar-refractivity contribution in [3.05, 3.63) is 17.0 Å². The van der Waals surface area contributed by atoms with E-state index in [1.165, 1.54) is 0 Å². The normalized spacial score (nSPS) is 13.9. The number of carbonyl (C=O) groups is 1. The van der Waals surface area contributed by atoms with Crippen molar-refractivity contribution in [1.29, 1.82) is 0 Å². The molecule has 1 rings (SSSR count). The molecule has 2 unspecified atom stereocenters. The van der Waals surface area contributed by atoms with Gasteiger partial charge in [0.15, 0.2) is 0 Å². The first-order chi connectivity index (χ1) is 9.36. The number of hydrogen-bond acceptors (Lipinski definition) is 3. The summed E-state index contributed by atoms with van der Waals surface area (Å²) >= 11 is 0. The van der Waals surface area contributed by atoms with Crippen LogP contribution in [0.25, 0.3) is 0 Å². The zero-order valence-corrected chi connectivity index (χ0v) is 13.0. The van der Waals surface area contributed by atoms with Crippen LogP contribution in [0.5, 0.6) is 0 Å². The second-order valence-electron chi connectivity index (χ2n) is 5.21. The molecule has 3 N–H and O–H groups in total. The zero-order chi connectivity index (χ0) is 15.3. The van der Waals surface area contributed by atoms with Gasteiger partial charge in [-0.05, 0) is 33.6 Å². The first-order valence-corrected chi connectivity index (χ1v) is 7.09. The molecule has 0 spiro atoms. The number of aliphatic hydroxyl groups is 1. The Labute approximate surface area is 120 Å². The lowest BCUT2D eigenvalue weighted by Crippen LogP contribution is -2.39. The second-order valence-corrected chi connectivity index (χ2v) is 5.21. The fourth-order valence-electron chi connectivity index (χ4n) is 2.28. The van der Waals surface area contributed by atoms with Crippen molar-refractivity contribution in [2.75, 3.05) is 6.54 Å². The van der Waals surface area contributed by atoms with Gasteiger partial charge in [0.2, 0.25) is 0 Å². The van der Waals surface area contributed by atoms with Crippen molar-refractivity contribution in [2.45, 2.75) is 52.7 Å². The number of aliphatic hydroxyl groups excluding tert-OH is 1. The lowest BCUT2D eigenvalue weighted by Gasteiger charge is -2.18. The lowest BCUT2D eigenvalue weighted by molar-refractivity contribution is 0.183. The van der Waals surface area contributed by atoms with Gasteiger partial charge in [0, 0.05) is 24.8 Å². The molecule has 0 bridgehead atoms. The van der Waals surface area contributed by atoms with Crippen LogP contribution < -0.4 is 10.6 Å². The molecule has 0 saturated carbocycles. The Bertz CT molecular complexity index is 454. The van der Waals surface area contributed by atoms with Gasteiger partial charge in [-0.2, -0.15) is 5.10 Å². The number of hydrogen-bond donors (Lipinski definition) is 3. The quantitative estimate of drug-likeness (QED) is 0.741. The number of nitrogens with zero attached hydrogens (tertiary/aromatic N) is 2. The summed E-state index contributed by atoms with van der Waals surface area (Å²) in [7, 11) is 1.90. The fraction of sp³-hybridized carbons (Fsp3) is 0.714. The number of nitrogens with one attached hydrogen (secondary N) is 2. The van der Waals surface area contributed by atoms with E-state index in [1.807, 2.05) is 32.5 Å². The molecule has 6 heteroatoms. The van der Waals surface area contributed by atoms with E-state index in [-0.39, 0.29) is 12.1 Å². The minimum absolute atomic E-state index is 0.0461. The molecule has 0 radical (unpaired) electrons. The van der Waals surface area contributed by atoms with Gasteiger partial charge in [0.05, 0.1) is 17.8 Å². The van der Waals surface area contributed by atoms with Gasteiger partial charge in [-0.15, -0.1) is 0 Å². The number of urea groups is 1. The SMILES string of the molecule is CCC(NC(=O)NCCC(C)O)c1c(C)nn(C)c1C. The Hall–Kier alpha value is -1.56. The molecule has 0 aliphatic rings. The summed E-state index contributed by atoms with van der Waals surface area (Å²) in [6.07, 6.45) is 0.951. The number of carbonyl (C=O) groups excluding carboxylic acids is 1. The van der Waals surface area contributed by atoms with Gasteiger partial charge in [-0.25, -0.2) is 4.79 Å². The van der Waals surface area contributed by atoms with E-state index in [4.69, 9.17) is 5.11 Å². The second kappa shape index (κ2) is 7.28. The van der Waals surface area contributed by atoms with Crippen LogP contribution in [0.4, 0.5) is 4.79 Å². The van der Waals surface area contributed by atoms with Crippen LogP contribution in [-0.4, -0.2) is 33.6 Å². The van der Waals surface area contributed by atoms with Crippen LogP contribution >= 0.6 is 0 Å². The van der Waals surface area contributed by atoms with E-state index in [1.54, 1.807) is 6.92 Å². The maximum Gasteiger partial charge on any atom is 0.315 e. The molecule has 20 heavy (non-hydrogen) atoms. The maximum atomic E-state index is 11.9. The van der Waals surface area contributed by atoms with E-state index in [0.29, 0.717) is 13.0 Å². The van der Waals surface area contributed by atoms with E-state index in [0.717, 1.165) is 23.4 Å². The van der Waals surface area contributed by atoms with E-state index < -0.39 is 6.10 Å². The molecule has 1 aromatic heterocycles. The molecule has 0 aliphatic heterocycles. The van der Waals surface area contributed by atoms with Crippen molar-refractivity contribution < 1.29 is 9.90 Å². The van der Waals surface area contributed by atoms with Crippen LogP contribution in [0, 0.1) is 13.8 Å². The smallest absolute Gasteiger partial charge is 0.315 e. The van der Waals surface area contributed by atoms with Crippen molar-refractivity contribution in [3.8, 4) is 0 Å². The topological polar surface area (TPSA) is 79.2 Å². The monoisotopic (exact) mass is 282 g/mol. The van der Waals surface area contributed by atoms with Crippen molar-refractivity contribution in [1.82, 2.24) is 20.4 Å². The van der Waals surface area contributed by atoms with Crippen LogP contribution in [0.15, 0.2) is 0 Å². The Kier molecular flexibility index (Phi) is 6.01. The predicted molar refractivity (Wildman–Crippen MR) is 78.5 cm³/mol. The van der Waals surface area contributed by atoms with Gasteiger partial charge in [-0.3, -0.25) is 4.68 Å². The minimum atomic E-state index is -0.403. The van der Waals surface area contributed by atoms with E-state index in [9.17, 15) is 4.79 Å². The van der Waals surface area contributed by atoms with E-state index >= 15 is 0 Å². The first-order valence-electron chi connectivity index (χ1n) is 7.09. The van der Waals surface area contributed by atoms with Crippen molar-refractivity contribution in [3.63, 3.8) is 0 Å². The number of aromatic nitrogens is 2. The summed E-state index contributed by atoms with van der Waals surface area (Å²) in [6, 6.07) is -0.254. The summed E-state index contributed by atoms with van der Waals surface area (Å²) in [6.45, 7) is 8.16. The molecule has 0 fully saturated rings. The van der Waals surface area contributed by atoms with Gasteiger partial charge < -0.3 is 15.7 Å². The molecule has 1 heterocycles. The predicted octanol–water partition coefficient (Wildman–Crippen LogP) is 1.56. The number of rotatable bonds is 6. The Balaban J connectivity index is 2.65. The summed E-state index contributed by atoms with van der Waals surface area (Å²) in [5.74, 6) is 0.